The summed E-state index contributed by atoms with van der Waals surface area (Å²) in [6.45, 7) is 2.44. The van der Waals surface area contributed by atoms with Gasteiger partial charge in [0.25, 0.3) is 0 Å². The summed E-state index contributed by atoms with van der Waals surface area (Å²) in [4.78, 5) is 26.4. The van der Waals surface area contributed by atoms with E-state index < -0.39 is 0 Å². The molecule has 112 valence electrons. The summed E-state index contributed by atoms with van der Waals surface area (Å²) in [5.41, 5.74) is 3.63. The number of carbonyl (C=O) groups excluding carboxylic acids is 2. The van der Waals surface area contributed by atoms with Crippen molar-refractivity contribution in [3.05, 3.63) is 65.2 Å². The molecule has 0 radical (unpaired) electrons. The summed E-state index contributed by atoms with van der Waals surface area (Å²) in [6.07, 6.45) is 1.60. The van der Waals surface area contributed by atoms with Crippen molar-refractivity contribution in [3.8, 4) is 0 Å². The van der Waals surface area contributed by atoms with Crippen molar-refractivity contribution < 1.29 is 9.59 Å². The van der Waals surface area contributed by atoms with Crippen molar-refractivity contribution in [2.45, 2.75) is 26.2 Å². The maximum atomic E-state index is 12.6. The SMILES string of the molecule is Cc1cccc2c1N(C(=O)CCc1ccccc1)CCC2=O. The van der Waals surface area contributed by atoms with E-state index in [1.165, 1.54) is 0 Å². The summed E-state index contributed by atoms with van der Waals surface area (Å²) in [7, 11) is 0. The van der Waals surface area contributed by atoms with Gasteiger partial charge in [-0.1, -0.05) is 42.5 Å². The monoisotopic (exact) mass is 293 g/mol. The van der Waals surface area contributed by atoms with E-state index in [9.17, 15) is 9.59 Å². The van der Waals surface area contributed by atoms with Gasteiger partial charge in [-0.25, -0.2) is 0 Å². The molecule has 0 saturated heterocycles. The number of nitrogens with zero attached hydrogens (tertiary/aromatic N) is 1. The molecule has 0 spiro atoms. The van der Waals surface area contributed by atoms with E-state index >= 15 is 0 Å². The van der Waals surface area contributed by atoms with E-state index in [1.54, 1.807) is 4.90 Å². The van der Waals surface area contributed by atoms with Crippen molar-refractivity contribution in [2.75, 3.05) is 11.4 Å². The Kier molecular flexibility index (Phi) is 4.05. The lowest BCUT2D eigenvalue weighted by Crippen LogP contribution is -2.38. The summed E-state index contributed by atoms with van der Waals surface area (Å²) in [5.74, 6) is 0.220. The van der Waals surface area contributed by atoms with E-state index in [2.05, 4.69) is 0 Å². The van der Waals surface area contributed by atoms with Crippen molar-refractivity contribution >= 4 is 17.4 Å². The molecule has 0 aliphatic carbocycles. The number of anilines is 1. The van der Waals surface area contributed by atoms with Gasteiger partial charge in [-0.05, 0) is 30.5 Å². The third-order valence-corrected chi connectivity index (χ3v) is 4.14. The molecule has 0 unspecified atom stereocenters. The lowest BCUT2D eigenvalue weighted by molar-refractivity contribution is -0.118. The highest BCUT2D eigenvalue weighted by Gasteiger charge is 2.28. The fraction of sp³-hybridized carbons (Fsp3) is 0.263. The van der Waals surface area contributed by atoms with Gasteiger partial charge in [0.05, 0.1) is 5.69 Å². The van der Waals surface area contributed by atoms with Crippen LogP contribution in [0.15, 0.2) is 48.5 Å². The standard InChI is InChI=1S/C19H19NO2/c1-14-6-5-9-16-17(21)12-13-20(19(14)16)18(22)11-10-15-7-3-2-4-8-15/h2-9H,10-13H2,1H3. The molecule has 0 atom stereocenters. The second kappa shape index (κ2) is 6.14. The lowest BCUT2D eigenvalue weighted by atomic mass is 9.96. The molecule has 3 nitrogen and oxygen atoms in total. The fourth-order valence-corrected chi connectivity index (χ4v) is 2.98. The molecule has 1 aliphatic heterocycles. The number of Topliss-reactive ketones (excluding diaryl/α,β-unsaturated/α-hetero) is 1. The van der Waals surface area contributed by atoms with Crippen molar-refractivity contribution in [1.29, 1.82) is 0 Å². The van der Waals surface area contributed by atoms with Crippen molar-refractivity contribution in [3.63, 3.8) is 0 Å². The number of aryl methyl sites for hydroxylation is 2. The van der Waals surface area contributed by atoms with Crippen LogP contribution in [0.1, 0.15) is 34.3 Å². The number of fused-ring (bicyclic) bond motifs is 1. The minimum absolute atomic E-state index is 0.0897. The Balaban J connectivity index is 1.79. The summed E-state index contributed by atoms with van der Waals surface area (Å²) in [6, 6.07) is 15.7. The molecular formula is C19H19NO2. The second-order valence-corrected chi connectivity index (χ2v) is 5.68. The molecule has 1 amide bonds. The van der Waals surface area contributed by atoms with Gasteiger partial charge >= 0.3 is 0 Å². The normalized spacial score (nSPS) is 13.9. The Morgan fingerprint density at radius 1 is 1.09 bits per heavy atom. The van der Waals surface area contributed by atoms with E-state index in [-0.39, 0.29) is 11.7 Å². The molecule has 0 N–H and O–H groups in total. The van der Waals surface area contributed by atoms with Crippen LogP contribution in [0.5, 0.6) is 0 Å². The molecular weight excluding hydrogens is 274 g/mol. The first-order valence-electron chi connectivity index (χ1n) is 7.64. The van der Waals surface area contributed by atoms with Gasteiger partial charge in [-0.3, -0.25) is 9.59 Å². The van der Waals surface area contributed by atoms with Gasteiger partial charge in [-0.2, -0.15) is 0 Å². The van der Waals surface area contributed by atoms with Crippen LogP contribution in [-0.2, 0) is 11.2 Å². The number of carbonyl (C=O) groups is 2. The van der Waals surface area contributed by atoms with Gasteiger partial charge in [0.1, 0.15) is 0 Å². The average molecular weight is 293 g/mol. The molecule has 2 aromatic carbocycles. The van der Waals surface area contributed by atoms with E-state index in [1.807, 2.05) is 55.5 Å². The van der Waals surface area contributed by atoms with Crippen LogP contribution < -0.4 is 4.90 Å². The third-order valence-electron chi connectivity index (χ3n) is 4.14. The fourth-order valence-electron chi connectivity index (χ4n) is 2.98. The number of para-hydroxylation sites is 1. The summed E-state index contributed by atoms with van der Waals surface area (Å²) >= 11 is 0. The number of hydrogen-bond donors (Lipinski definition) is 0. The summed E-state index contributed by atoms with van der Waals surface area (Å²) < 4.78 is 0. The predicted molar refractivity (Wildman–Crippen MR) is 87.2 cm³/mol. The quantitative estimate of drug-likeness (QED) is 0.868. The van der Waals surface area contributed by atoms with Gasteiger partial charge in [0.15, 0.2) is 5.78 Å². The highest BCUT2D eigenvalue weighted by molar-refractivity contribution is 6.09. The molecule has 22 heavy (non-hydrogen) atoms. The molecule has 2 aromatic rings. The second-order valence-electron chi connectivity index (χ2n) is 5.68. The molecule has 1 aliphatic rings. The Bertz CT molecular complexity index is 707. The zero-order valence-electron chi connectivity index (χ0n) is 12.7. The Morgan fingerprint density at radius 3 is 2.64 bits per heavy atom. The van der Waals surface area contributed by atoms with Crippen LogP contribution in [0, 0.1) is 6.92 Å². The van der Waals surface area contributed by atoms with Crippen LogP contribution in [-0.4, -0.2) is 18.2 Å². The molecule has 0 bridgehead atoms. The zero-order chi connectivity index (χ0) is 15.5. The Labute approximate surface area is 130 Å². The van der Waals surface area contributed by atoms with Gasteiger partial charge in [0, 0.05) is 24.9 Å². The van der Waals surface area contributed by atoms with Gasteiger partial charge < -0.3 is 4.90 Å². The smallest absolute Gasteiger partial charge is 0.227 e. The van der Waals surface area contributed by atoms with Gasteiger partial charge in [0.2, 0.25) is 5.91 Å². The van der Waals surface area contributed by atoms with Gasteiger partial charge in [-0.15, -0.1) is 0 Å². The molecule has 0 aromatic heterocycles. The van der Waals surface area contributed by atoms with Crippen molar-refractivity contribution in [1.82, 2.24) is 0 Å². The predicted octanol–water partition coefficient (Wildman–Crippen LogP) is 3.55. The molecule has 0 saturated carbocycles. The number of ketones is 1. The minimum Gasteiger partial charge on any atom is -0.311 e. The highest BCUT2D eigenvalue weighted by atomic mass is 16.2. The molecule has 3 rings (SSSR count). The number of rotatable bonds is 3. The maximum Gasteiger partial charge on any atom is 0.227 e. The molecule has 1 heterocycles. The van der Waals surface area contributed by atoms with Crippen LogP contribution in [0.3, 0.4) is 0 Å². The minimum atomic E-state index is 0.0897. The highest BCUT2D eigenvalue weighted by Crippen LogP contribution is 2.31. The zero-order valence-corrected chi connectivity index (χ0v) is 12.7. The first-order chi connectivity index (χ1) is 10.7. The first kappa shape index (κ1) is 14.5. The van der Waals surface area contributed by atoms with E-state index in [0.29, 0.717) is 24.9 Å². The molecule has 0 fully saturated rings. The topological polar surface area (TPSA) is 37.4 Å². The van der Waals surface area contributed by atoms with Crippen LogP contribution in [0.2, 0.25) is 0 Å². The number of benzene rings is 2. The van der Waals surface area contributed by atoms with E-state index in [4.69, 9.17) is 0 Å². The van der Waals surface area contributed by atoms with Crippen molar-refractivity contribution in [2.24, 2.45) is 0 Å². The average Bonchev–Trinajstić information content (AvgIpc) is 2.55. The summed E-state index contributed by atoms with van der Waals surface area (Å²) in [5, 5.41) is 0. The Hall–Kier alpha value is -2.42. The van der Waals surface area contributed by atoms with Crippen LogP contribution >= 0.6 is 0 Å². The van der Waals surface area contributed by atoms with E-state index in [0.717, 1.165) is 23.2 Å². The number of hydrogen-bond acceptors (Lipinski definition) is 2. The third kappa shape index (κ3) is 2.80. The first-order valence-corrected chi connectivity index (χ1v) is 7.64. The molecule has 3 heteroatoms. The lowest BCUT2D eigenvalue weighted by Gasteiger charge is -2.30. The Morgan fingerprint density at radius 2 is 1.86 bits per heavy atom. The number of amides is 1. The maximum absolute atomic E-state index is 12.6. The largest absolute Gasteiger partial charge is 0.311 e. The van der Waals surface area contributed by atoms with Crippen LogP contribution in [0.25, 0.3) is 0 Å². The van der Waals surface area contributed by atoms with Crippen LogP contribution in [0.4, 0.5) is 5.69 Å².